The molecule has 0 fully saturated rings. The van der Waals surface area contributed by atoms with Crippen LogP contribution in [0.25, 0.3) is 10.8 Å². The van der Waals surface area contributed by atoms with Crippen LogP contribution in [0.4, 0.5) is 0 Å². The van der Waals surface area contributed by atoms with E-state index in [2.05, 4.69) is 26.3 Å². The average molecular weight is 733 g/mol. The van der Waals surface area contributed by atoms with Crippen molar-refractivity contribution in [3.8, 4) is 0 Å². The van der Waals surface area contributed by atoms with E-state index in [1.54, 1.807) is 12.1 Å². The van der Waals surface area contributed by atoms with Crippen LogP contribution < -0.4 is 38.5 Å². The van der Waals surface area contributed by atoms with Gasteiger partial charge in [-0.05, 0) is 73.0 Å². The second-order valence-corrected chi connectivity index (χ2v) is 13.5. The van der Waals surface area contributed by atoms with Crippen molar-refractivity contribution in [2.45, 2.75) is 95.5 Å². The number of nitrogens with zero attached hydrogens (tertiary/aromatic N) is 1. The van der Waals surface area contributed by atoms with Gasteiger partial charge in [0.2, 0.25) is 29.5 Å². The molecule has 0 radical (unpaired) electrons. The molecule has 0 spiro atoms. The summed E-state index contributed by atoms with van der Waals surface area (Å²) >= 11 is 0. The first-order chi connectivity index (χ1) is 25.3. The van der Waals surface area contributed by atoms with Gasteiger partial charge in [0.25, 0.3) is 5.91 Å². The quantitative estimate of drug-likeness (QED) is 0.0676. The second kappa shape index (κ2) is 21.2. The van der Waals surface area contributed by atoms with E-state index in [0.29, 0.717) is 19.4 Å². The SMILES string of the molecule is CC(C)C[C@H](NC(=O)[C@H](CCC(N)=O)NC(=O)[C@H](Cc1cccc2ccccc12)NC(=O)c1cccnc1)[C@@H](O)CC(=O)N[C@@H](CCCCN)C(N)=O. The maximum Gasteiger partial charge on any atom is 0.253 e. The van der Waals surface area contributed by atoms with Crippen molar-refractivity contribution in [1.82, 2.24) is 26.3 Å². The van der Waals surface area contributed by atoms with Crippen LogP contribution in [0.3, 0.4) is 0 Å². The third-order valence-corrected chi connectivity index (χ3v) is 8.70. The first-order valence-electron chi connectivity index (χ1n) is 17.8. The zero-order valence-electron chi connectivity index (χ0n) is 30.3. The van der Waals surface area contributed by atoms with Crippen LogP contribution >= 0.6 is 0 Å². The molecule has 15 nitrogen and oxygen atoms in total. The lowest BCUT2D eigenvalue weighted by molar-refractivity contribution is -0.132. The fraction of sp³-hybridized carbons (Fsp3) is 0.447. The molecule has 3 aromatic rings. The Morgan fingerprint density at radius 2 is 1.51 bits per heavy atom. The zero-order valence-corrected chi connectivity index (χ0v) is 30.3. The van der Waals surface area contributed by atoms with Gasteiger partial charge in [-0.15, -0.1) is 0 Å². The molecule has 0 saturated heterocycles. The number of primary amides is 2. The summed E-state index contributed by atoms with van der Waals surface area (Å²) in [5.74, 6) is -4.11. The van der Waals surface area contributed by atoms with Crippen molar-refractivity contribution >= 4 is 46.2 Å². The molecule has 1 heterocycles. The predicted molar refractivity (Wildman–Crippen MR) is 200 cm³/mol. The molecule has 2 aromatic carbocycles. The zero-order chi connectivity index (χ0) is 38.9. The van der Waals surface area contributed by atoms with E-state index in [1.165, 1.54) is 12.4 Å². The van der Waals surface area contributed by atoms with Crippen LogP contribution in [-0.4, -0.2) is 82.3 Å². The Morgan fingerprint density at radius 3 is 2.17 bits per heavy atom. The third kappa shape index (κ3) is 13.9. The van der Waals surface area contributed by atoms with Crippen molar-refractivity contribution in [2.75, 3.05) is 6.54 Å². The maximum absolute atomic E-state index is 14.0. The van der Waals surface area contributed by atoms with Gasteiger partial charge in [0.05, 0.1) is 24.1 Å². The van der Waals surface area contributed by atoms with Gasteiger partial charge >= 0.3 is 0 Å². The Morgan fingerprint density at radius 1 is 0.792 bits per heavy atom. The van der Waals surface area contributed by atoms with Crippen molar-refractivity contribution < 1.29 is 33.9 Å². The minimum absolute atomic E-state index is 0.0425. The Labute approximate surface area is 309 Å². The largest absolute Gasteiger partial charge is 0.390 e. The maximum atomic E-state index is 14.0. The van der Waals surface area contributed by atoms with E-state index in [0.717, 1.165) is 16.3 Å². The summed E-state index contributed by atoms with van der Waals surface area (Å²) in [7, 11) is 0. The summed E-state index contributed by atoms with van der Waals surface area (Å²) in [4.78, 5) is 81.7. The van der Waals surface area contributed by atoms with E-state index in [1.807, 2.05) is 56.3 Å². The summed E-state index contributed by atoms with van der Waals surface area (Å²) in [5, 5.41) is 23.7. The van der Waals surface area contributed by atoms with Gasteiger partial charge in [-0.3, -0.25) is 33.8 Å². The topological polar surface area (TPSA) is 262 Å². The summed E-state index contributed by atoms with van der Waals surface area (Å²) in [5.41, 5.74) is 17.4. The minimum atomic E-state index is -1.38. The number of carbonyl (C=O) groups excluding carboxylic acids is 6. The number of rotatable bonds is 22. The molecule has 0 bridgehead atoms. The van der Waals surface area contributed by atoms with Gasteiger partial charge in [-0.25, -0.2) is 0 Å². The highest BCUT2D eigenvalue weighted by Gasteiger charge is 2.32. The van der Waals surface area contributed by atoms with Gasteiger partial charge in [0.1, 0.15) is 18.1 Å². The Hall–Kier alpha value is -5.41. The van der Waals surface area contributed by atoms with Crippen LogP contribution in [0.15, 0.2) is 67.0 Å². The number of aromatic nitrogens is 1. The molecule has 0 aliphatic carbocycles. The van der Waals surface area contributed by atoms with Gasteiger partial charge in [-0.1, -0.05) is 56.3 Å². The normalized spacial score (nSPS) is 14.0. The van der Waals surface area contributed by atoms with Crippen LogP contribution in [-0.2, 0) is 30.4 Å². The highest BCUT2D eigenvalue weighted by Crippen LogP contribution is 2.20. The van der Waals surface area contributed by atoms with Gasteiger partial charge in [0, 0.05) is 25.2 Å². The number of amides is 6. The number of hydrogen-bond acceptors (Lipinski definition) is 9. The van der Waals surface area contributed by atoms with Crippen molar-refractivity contribution in [2.24, 2.45) is 23.1 Å². The van der Waals surface area contributed by atoms with E-state index in [4.69, 9.17) is 17.2 Å². The molecular weight excluding hydrogens is 680 g/mol. The lowest BCUT2D eigenvalue weighted by Gasteiger charge is -2.29. The van der Waals surface area contributed by atoms with E-state index >= 15 is 0 Å². The molecule has 0 saturated carbocycles. The molecule has 53 heavy (non-hydrogen) atoms. The average Bonchev–Trinajstić information content (AvgIpc) is 3.12. The number of nitrogens with two attached hydrogens (primary N) is 3. The monoisotopic (exact) mass is 732 g/mol. The molecule has 15 heteroatoms. The highest BCUT2D eigenvalue weighted by molar-refractivity contribution is 5.99. The Kier molecular flexibility index (Phi) is 16.8. The third-order valence-electron chi connectivity index (χ3n) is 8.70. The fourth-order valence-corrected chi connectivity index (χ4v) is 5.93. The standard InChI is InChI=1S/C38H52N8O7/c1-23(2)19-30(32(47)21-34(49)43-28(35(41)50)14-5-6-17-39)45-37(52)29(15-16-33(40)48)44-38(53)31(46-36(51)26-12-8-18-42-22-26)20-25-11-7-10-24-9-3-4-13-27(24)25/h3-4,7-13,18,22-23,28-32,47H,5-6,14-17,19-21,39H2,1-2H3,(H2,40,48)(H2,41,50)(H,43,49)(H,44,53)(H,45,52)(H,46,51)/t28-,29-,30-,31-,32-/m0/s1. The van der Waals surface area contributed by atoms with Crippen molar-refractivity contribution in [3.63, 3.8) is 0 Å². The van der Waals surface area contributed by atoms with Crippen molar-refractivity contribution in [1.29, 1.82) is 0 Å². The summed E-state index contributed by atoms with van der Waals surface area (Å²) in [6, 6.07) is 12.0. The van der Waals surface area contributed by atoms with E-state index in [-0.39, 0.29) is 43.6 Å². The smallest absolute Gasteiger partial charge is 0.253 e. The number of aliphatic hydroxyl groups excluding tert-OH is 1. The van der Waals surface area contributed by atoms with Gasteiger partial charge in [-0.2, -0.15) is 0 Å². The number of pyridine rings is 1. The lowest BCUT2D eigenvalue weighted by atomic mass is 9.96. The summed E-state index contributed by atoms with van der Waals surface area (Å²) in [6.07, 6.45) is 2.39. The molecule has 286 valence electrons. The predicted octanol–water partition coefficient (Wildman–Crippen LogP) is 0.707. The van der Waals surface area contributed by atoms with Crippen LogP contribution in [0, 0.1) is 5.92 Å². The van der Waals surface area contributed by atoms with Crippen LogP contribution in [0.5, 0.6) is 0 Å². The Balaban J connectivity index is 1.83. The number of carbonyl (C=O) groups is 6. The first-order valence-corrected chi connectivity index (χ1v) is 17.8. The van der Waals surface area contributed by atoms with Crippen LogP contribution in [0.1, 0.15) is 74.7 Å². The molecule has 1 aromatic heterocycles. The molecule has 5 atom stereocenters. The van der Waals surface area contributed by atoms with Gasteiger partial charge in [0.15, 0.2) is 0 Å². The lowest BCUT2D eigenvalue weighted by Crippen LogP contribution is -2.57. The summed E-state index contributed by atoms with van der Waals surface area (Å²) < 4.78 is 0. The highest BCUT2D eigenvalue weighted by atomic mass is 16.3. The molecule has 0 unspecified atom stereocenters. The number of unbranched alkanes of at least 4 members (excludes halogenated alkanes) is 1. The molecule has 6 amide bonds. The number of fused-ring (bicyclic) bond motifs is 1. The molecule has 0 aliphatic rings. The molecule has 0 aliphatic heterocycles. The number of nitrogens with one attached hydrogen (secondary N) is 4. The van der Waals surface area contributed by atoms with Gasteiger partial charge < -0.3 is 43.6 Å². The minimum Gasteiger partial charge on any atom is -0.390 e. The molecule has 3 rings (SSSR count). The van der Waals surface area contributed by atoms with E-state index < -0.39 is 72.1 Å². The number of hydrogen-bond donors (Lipinski definition) is 8. The second-order valence-electron chi connectivity index (χ2n) is 13.5. The number of benzene rings is 2. The van der Waals surface area contributed by atoms with E-state index in [9.17, 15) is 33.9 Å². The van der Waals surface area contributed by atoms with Crippen molar-refractivity contribution in [3.05, 3.63) is 78.1 Å². The fourth-order valence-electron chi connectivity index (χ4n) is 5.93. The number of aliphatic hydroxyl groups is 1. The Bertz CT molecular complexity index is 1700. The molecule has 11 N–H and O–H groups in total. The van der Waals surface area contributed by atoms with Crippen LogP contribution in [0.2, 0.25) is 0 Å². The molecular formula is C38H52N8O7. The first kappa shape index (κ1) is 42.0. The summed E-state index contributed by atoms with van der Waals surface area (Å²) in [6.45, 7) is 4.14.